The van der Waals surface area contributed by atoms with Gasteiger partial charge < -0.3 is 11.2 Å². The normalized spacial score (nSPS) is 11.0. The van der Waals surface area contributed by atoms with Crippen molar-refractivity contribution in [1.82, 2.24) is 9.66 Å². The first-order valence-electron chi connectivity index (χ1n) is 9.28. The summed E-state index contributed by atoms with van der Waals surface area (Å²) < 4.78 is 1.02. The van der Waals surface area contributed by atoms with Gasteiger partial charge in [-0.3, -0.25) is 9.59 Å². The molecule has 4 aromatic rings. The fourth-order valence-electron chi connectivity index (χ4n) is 3.29. The molecule has 0 aliphatic heterocycles. The van der Waals surface area contributed by atoms with Gasteiger partial charge in [-0.15, -0.1) is 11.3 Å². The van der Waals surface area contributed by atoms with E-state index in [4.69, 9.17) is 5.84 Å². The molecule has 0 aliphatic rings. The third kappa shape index (κ3) is 4.10. The molecule has 0 saturated carbocycles. The van der Waals surface area contributed by atoms with Crippen molar-refractivity contribution in [3.05, 3.63) is 75.4 Å². The molecule has 0 atom stereocenters. The number of nitrogen functional groups attached to an aromatic ring is 1. The molecule has 0 fully saturated rings. The quantitative estimate of drug-likeness (QED) is 0.278. The number of anilines is 1. The second kappa shape index (κ2) is 8.33. The van der Waals surface area contributed by atoms with Crippen molar-refractivity contribution in [2.75, 3.05) is 16.9 Å². The molecule has 8 heteroatoms. The van der Waals surface area contributed by atoms with E-state index in [2.05, 4.69) is 10.3 Å². The van der Waals surface area contributed by atoms with Crippen molar-refractivity contribution in [1.29, 1.82) is 0 Å². The molecule has 0 radical (unpaired) electrons. The van der Waals surface area contributed by atoms with E-state index in [1.165, 1.54) is 11.3 Å². The van der Waals surface area contributed by atoms with Crippen LogP contribution in [0.5, 0.6) is 0 Å². The summed E-state index contributed by atoms with van der Waals surface area (Å²) in [7, 11) is 0. The Morgan fingerprint density at radius 2 is 1.87 bits per heavy atom. The summed E-state index contributed by atoms with van der Waals surface area (Å²) in [6.45, 7) is 3.96. The predicted octanol–water partition coefficient (Wildman–Crippen LogP) is 4.19. The first-order chi connectivity index (χ1) is 14.4. The van der Waals surface area contributed by atoms with Crippen LogP contribution in [0.2, 0.25) is 0 Å². The Labute approximate surface area is 181 Å². The fraction of sp³-hybridized carbons (Fsp3) is 0.136. The largest absolute Gasteiger partial charge is 0.334 e. The number of aryl methyl sites for hydroxylation is 2. The summed E-state index contributed by atoms with van der Waals surface area (Å²) in [6.07, 6.45) is 0. The van der Waals surface area contributed by atoms with Gasteiger partial charge in [-0.05, 0) is 42.7 Å². The summed E-state index contributed by atoms with van der Waals surface area (Å²) in [5, 5.41) is 5.60. The number of nitrogens with one attached hydrogen (secondary N) is 1. The third-order valence-electron chi connectivity index (χ3n) is 4.53. The standard InChI is InChI=1S/C22H20N4O2S2/c1-13-8-14(2)10-16(9-13)24-18(27)12-30-22-25-20-19(21(28)26(22)23)17(11-29-20)15-6-4-3-5-7-15/h3-11H,12,23H2,1-2H3,(H,24,27). The minimum atomic E-state index is -0.322. The van der Waals surface area contributed by atoms with Crippen LogP contribution in [0, 0.1) is 13.8 Å². The Kier molecular flexibility index (Phi) is 5.61. The van der Waals surface area contributed by atoms with Crippen molar-refractivity contribution in [2.24, 2.45) is 0 Å². The van der Waals surface area contributed by atoms with Crippen molar-refractivity contribution in [2.45, 2.75) is 19.0 Å². The number of hydrogen-bond donors (Lipinski definition) is 2. The van der Waals surface area contributed by atoms with Gasteiger partial charge in [0.25, 0.3) is 5.56 Å². The molecule has 0 unspecified atom stereocenters. The molecule has 3 N–H and O–H groups in total. The number of carbonyl (C=O) groups is 1. The summed E-state index contributed by atoms with van der Waals surface area (Å²) >= 11 is 2.53. The van der Waals surface area contributed by atoms with E-state index < -0.39 is 0 Å². The number of carbonyl (C=O) groups excluding carboxylic acids is 1. The lowest BCUT2D eigenvalue weighted by Gasteiger charge is -2.09. The monoisotopic (exact) mass is 436 g/mol. The molecule has 0 aliphatic carbocycles. The summed E-state index contributed by atoms with van der Waals surface area (Å²) in [4.78, 5) is 30.4. The van der Waals surface area contributed by atoms with Crippen molar-refractivity contribution in [3.8, 4) is 11.1 Å². The number of hydrogen-bond acceptors (Lipinski definition) is 6. The second-order valence-electron chi connectivity index (χ2n) is 6.98. The minimum Gasteiger partial charge on any atom is -0.334 e. The maximum atomic E-state index is 12.9. The van der Waals surface area contributed by atoms with Crippen molar-refractivity contribution < 1.29 is 4.79 Å². The van der Waals surface area contributed by atoms with E-state index in [1.54, 1.807) is 0 Å². The highest BCUT2D eigenvalue weighted by Crippen LogP contribution is 2.31. The van der Waals surface area contributed by atoms with Crippen LogP contribution in [0.15, 0.2) is 63.9 Å². The average Bonchev–Trinajstić information content (AvgIpc) is 3.13. The van der Waals surface area contributed by atoms with E-state index in [0.29, 0.717) is 15.4 Å². The molecule has 1 amide bonds. The van der Waals surface area contributed by atoms with Crippen LogP contribution >= 0.6 is 23.1 Å². The zero-order valence-electron chi connectivity index (χ0n) is 16.5. The molecule has 0 saturated heterocycles. The number of rotatable bonds is 5. The number of fused-ring (bicyclic) bond motifs is 1. The van der Waals surface area contributed by atoms with E-state index in [0.717, 1.165) is 44.4 Å². The lowest BCUT2D eigenvalue weighted by molar-refractivity contribution is -0.113. The van der Waals surface area contributed by atoms with Gasteiger partial charge in [-0.25, -0.2) is 9.66 Å². The van der Waals surface area contributed by atoms with Gasteiger partial charge in [0, 0.05) is 16.6 Å². The van der Waals surface area contributed by atoms with Crippen LogP contribution in [0.3, 0.4) is 0 Å². The first kappa shape index (κ1) is 20.2. The van der Waals surface area contributed by atoms with Gasteiger partial charge >= 0.3 is 0 Å². The fourth-order valence-corrected chi connectivity index (χ4v) is 5.00. The molecular formula is C22H20N4O2S2. The SMILES string of the molecule is Cc1cc(C)cc(NC(=O)CSc2nc3scc(-c4ccccc4)c3c(=O)n2N)c1. The maximum Gasteiger partial charge on any atom is 0.282 e. The summed E-state index contributed by atoms with van der Waals surface area (Å²) in [5.41, 5.74) is 4.34. The van der Waals surface area contributed by atoms with Crippen LogP contribution in [-0.2, 0) is 4.79 Å². The van der Waals surface area contributed by atoms with E-state index >= 15 is 0 Å². The van der Waals surface area contributed by atoms with E-state index in [-0.39, 0.29) is 17.2 Å². The number of amides is 1. The average molecular weight is 437 g/mol. The summed E-state index contributed by atoms with van der Waals surface area (Å²) in [5.74, 6) is 5.94. The molecule has 152 valence electrons. The van der Waals surface area contributed by atoms with Crippen LogP contribution in [0.1, 0.15) is 11.1 Å². The minimum absolute atomic E-state index is 0.0963. The Morgan fingerprint density at radius 3 is 2.57 bits per heavy atom. The van der Waals surface area contributed by atoms with Crippen LogP contribution in [-0.4, -0.2) is 21.3 Å². The molecule has 4 rings (SSSR count). The number of nitrogens with zero attached hydrogens (tertiary/aromatic N) is 2. The number of nitrogens with two attached hydrogens (primary N) is 1. The molecule has 30 heavy (non-hydrogen) atoms. The number of aromatic nitrogens is 2. The molecule has 2 heterocycles. The van der Waals surface area contributed by atoms with Gasteiger partial charge in [0.05, 0.1) is 11.1 Å². The first-order valence-corrected chi connectivity index (χ1v) is 11.1. The Hall–Kier alpha value is -3.10. The Bertz CT molecular complexity index is 1280. The highest BCUT2D eigenvalue weighted by Gasteiger charge is 2.17. The lowest BCUT2D eigenvalue weighted by Crippen LogP contribution is -2.30. The number of thioether (sulfide) groups is 1. The van der Waals surface area contributed by atoms with Crippen molar-refractivity contribution >= 4 is 44.9 Å². The van der Waals surface area contributed by atoms with Crippen LogP contribution in [0.4, 0.5) is 5.69 Å². The zero-order chi connectivity index (χ0) is 21.3. The second-order valence-corrected chi connectivity index (χ2v) is 8.78. The van der Waals surface area contributed by atoms with Crippen LogP contribution < -0.4 is 16.7 Å². The van der Waals surface area contributed by atoms with Gasteiger partial charge in [-0.2, -0.15) is 0 Å². The molecule has 0 bridgehead atoms. The molecule has 0 spiro atoms. The molecule has 2 aromatic carbocycles. The number of thiophene rings is 1. The Morgan fingerprint density at radius 1 is 1.17 bits per heavy atom. The smallest absolute Gasteiger partial charge is 0.282 e. The molecule has 6 nitrogen and oxygen atoms in total. The van der Waals surface area contributed by atoms with Gasteiger partial charge in [-0.1, -0.05) is 48.2 Å². The van der Waals surface area contributed by atoms with Gasteiger partial charge in [0.2, 0.25) is 5.91 Å². The van der Waals surface area contributed by atoms with E-state index in [1.807, 2.05) is 67.8 Å². The highest BCUT2D eigenvalue weighted by molar-refractivity contribution is 7.99. The van der Waals surface area contributed by atoms with Crippen molar-refractivity contribution in [3.63, 3.8) is 0 Å². The lowest BCUT2D eigenvalue weighted by atomic mass is 10.1. The predicted molar refractivity (Wildman–Crippen MR) is 125 cm³/mol. The Balaban J connectivity index is 1.56. The maximum absolute atomic E-state index is 12.9. The van der Waals surface area contributed by atoms with Gasteiger partial charge in [0.1, 0.15) is 4.83 Å². The highest BCUT2D eigenvalue weighted by atomic mass is 32.2. The molecular weight excluding hydrogens is 416 g/mol. The van der Waals surface area contributed by atoms with E-state index in [9.17, 15) is 9.59 Å². The summed E-state index contributed by atoms with van der Waals surface area (Å²) in [6, 6.07) is 15.5. The van der Waals surface area contributed by atoms with Crippen LogP contribution in [0.25, 0.3) is 21.3 Å². The topological polar surface area (TPSA) is 90.0 Å². The molecule has 2 aromatic heterocycles. The third-order valence-corrected chi connectivity index (χ3v) is 6.36. The zero-order valence-corrected chi connectivity index (χ0v) is 18.1. The van der Waals surface area contributed by atoms with Gasteiger partial charge in [0.15, 0.2) is 5.16 Å². The number of benzene rings is 2.